The maximum atomic E-state index is 13.3. The Labute approximate surface area is 141 Å². The van der Waals surface area contributed by atoms with Crippen molar-refractivity contribution in [1.82, 2.24) is 9.97 Å². The van der Waals surface area contributed by atoms with Gasteiger partial charge < -0.3 is 16.4 Å². The molecule has 0 unspecified atom stereocenters. The SMILES string of the molecule is Nc1c(NCCc2cccs2)ncnc1Nc1ccc(F)c(F)c1. The summed E-state index contributed by atoms with van der Waals surface area (Å²) < 4.78 is 26.2. The van der Waals surface area contributed by atoms with Gasteiger partial charge in [0.15, 0.2) is 23.3 Å². The topological polar surface area (TPSA) is 75.9 Å². The molecule has 5 nitrogen and oxygen atoms in total. The third-order valence-corrected chi connectivity index (χ3v) is 4.25. The van der Waals surface area contributed by atoms with Crippen LogP contribution in [0.15, 0.2) is 42.0 Å². The minimum absolute atomic E-state index is 0.313. The van der Waals surface area contributed by atoms with E-state index < -0.39 is 11.6 Å². The molecule has 124 valence electrons. The number of rotatable bonds is 6. The van der Waals surface area contributed by atoms with Gasteiger partial charge >= 0.3 is 0 Å². The van der Waals surface area contributed by atoms with E-state index in [9.17, 15) is 8.78 Å². The summed E-state index contributed by atoms with van der Waals surface area (Å²) in [6.45, 7) is 0.673. The summed E-state index contributed by atoms with van der Waals surface area (Å²) in [5, 5.41) is 8.04. The molecule has 0 atom stereocenters. The minimum atomic E-state index is -0.943. The first-order valence-corrected chi connectivity index (χ1v) is 8.10. The molecule has 0 aliphatic carbocycles. The summed E-state index contributed by atoms with van der Waals surface area (Å²) in [4.78, 5) is 9.42. The average molecular weight is 347 g/mol. The van der Waals surface area contributed by atoms with E-state index in [2.05, 4.69) is 26.7 Å². The lowest BCUT2D eigenvalue weighted by atomic mass is 10.3. The zero-order chi connectivity index (χ0) is 16.9. The average Bonchev–Trinajstić information content (AvgIpc) is 3.08. The largest absolute Gasteiger partial charge is 0.393 e. The summed E-state index contributed by atoms with van der Waals surface area (Å²) in [6, 6.07) is 7.55. The summed E-state index contributed by atoms with van der Waals surface area (Å²) in [7, 11) is 0. The van der Waals surface area contributed by atoms with Crippen LogP contribution in [-0.2, 0) is 6.42 Å². The number of hydrogen-bond acceptors (Lipinski definition) is 6. The summed E-state index contributed by atoms with van der Waals surface area (Å²) in [5.41, 5.74) is 6.71. The number of hydrogen-bond donors (Lipinski definition) is 3. The lowest BCUT2D eigenvalue weighted by Gasteiger charge is -2.12. The first kappa shape index (κ1) is 16.1. The molecule has 0 saturated heterocycles. The van der Waals surface area contributed by atoms with Crippen LogP contribution >= 0.6 is 11.3 Å². The van der Waals surface area contributed by atoms with E-state index in [1.807, 2.05) is 11.4 Å². The Morgan fingerprint density at radius 2 is 1.92 bits per heavy atom. The third kappa shape index (κ3) is 3.77. The van der Waals surface area contributed by atoms with Crippen LogP contribution in [0.3, 0.4) is 0 Å². The summed E-state index contributed by atoms with van der Waals surface area (Å²) in [5.74, 6) is -1.03. The van der Waals surface area contributed by atoms with Crippen LogP contribution in [0.1, 0.15) is 4.88 Å². The molecule has 4 N–H and O–H groups in total. The molecule has 0 aliphatic heterocycles. The molecule has 2 heterocycles. The van der Waals surface area contributed by atoms with Crippen LogP contribution in [0.5, 0.6) is 0 Å². The number of nitrogens with zero attached hydrogens (tertiary/aromatic N) is 2. The second-order valence-electron chi connectivity index (χ2n) is 4.99. The number of halogens is 2. The Morgan fingerprint density at radius 1 is 1.08 bits per heavy atom. The molecule has 0 spiro atoms. The van der Waals surface area contributed by atoms with Crippen molar-refractivity contribution < 1.29 is 8.78 Å². The second kappa shape index (κ2) is 7.22. The van der Waals surface area contributed by atoms with E-state index in [1.165, 1.54) is 17.3 Å². The van der Waals surface area contributed by atoms with Gasteiger partial charge in [-0.15, -0.1) is 11.3 Å². The molecule has 1 aromatic carbocycles. The minimum Gasteiger partial charge on any atom is -0.393 e. The molecule has 8 heteroatoms. The van der Waals surface area contributed by atoms with Crippen molar-refractivity contribution in [3.05, 3.63) is 58.6 Å². The molecule has 0 amide bonds. The van der Waals surface area contributed by atoms with Gasteiger partial charge in [-0.1, -0.05) is 6.07 Å². The number of benzene rings is 1. The van der Waals surface area contributed by atoms with Crippen LogP contribution in [0, 0.1) is 11.6 Å². The molecule has 0 saturated carbocycles. The lowest BCUT2D eigenvalue weighted by Crippen LogP contribution is -2.10. The standard InChI is InChI=1S/C16H15F2N5S/c17-12-4-3-10(8-13(12)18)23-16-14(19)15(21-9-22-16)20-6-5-11-2-1-7-24-11/h1-4,7-9H,5-6,19H2,(H2,20,21,22,23). The van der Waals surface area contributed by atoms with Gasteiger partial charge in [-0.05, 0) is 30.0 Å². The number of aromatic nitrogens is 2. The van der Waals surface area contributed by atoms with Gasteiger partial charge in [-0.3, -0.25) is 0 Å². The van der Waals surface area contributed by atoms with Gasteiger partial charge in [0.05, 0.1) is 0 Å². The molecule has 0 radical (unpaired) electrons. The molecular formula is C16H15F2N5S. The number of thiophene rings is 1. The van der Waals surface area contributed by atoms with E-state index in [-0.39, 0.29) is 0 Å². The van der Waals surface area contributed by atoms with Crippen molar-refractivity contribution in [1.29, 1.82) is 0 Å². The zero-order valence-electron chi connectivity index (χ0n) is 12.6. The third-order valence-electron chi connectivity index (χ3n) is 3.31. The highest BCUT2D eigenvalue weighted by Crippen LogP contribution is 2.26. The number of nitrogen functional groups attached to an aromatic ring is 1. The van der Waals surface area contributed by atoms with Crippen molar-refractivity contribution in [2.75, 3.05) is 22.9 Å². The number of nitrogens with two attached hydrogens (primary N) is 1. The highest BCUT2D eigenvalue weighted by Gasteiger charge is 2.09. The van der Waals surface area contributed by atoms with Crippen LogP contribution in [0.2, 0.25) is 0 Å². The Kier molecular flexibility index (Phi) is 4.85. The Hall–Kier alpha value is -2.74. The van der Waals surface area contributed by atoms with Crippen molar-refractivity contribution in [2.45, 2.75) is 6.42 Å². The lowest BCUT2D eigenvalue weighted by molar-refractivity contribution is 0.509. The van der Waals surface area contributed by atoms with Gasteiger partial charge in [-0.2, -0.15) is 0 Å². The van der Waals surface area contributed by atoms with E-state index in [4.69, 9.17) is 5.73 Å². The fraction of sp³-hybridized carbons (Fsp3) is 0.125. The predicted molar refractivity (Wildman–Crippen MR) is 92.6 cm³/mol. The molecular weight excluding hydrogens is 332 g/mol. The fourth-order valence-electron chi connectivity index (χ4n) is 2.11. The Morgan fingerprint density at radius 3 is 2.67 bits per heavy atom. The second-order valence-corrected chi connectivity index (χ2v) is 6.03. The van der Waals surface area contributed by atoms with Gasteiger partial charge in [0, 0.05) is 23.2 Å². The van der Waals surface area contributed by atoms with E-state index in [0.29, 0.717) is 29.6 Å². The molecule has 0 bridgehead atoms. The van der Waals surface area contributed by atoms with E-state index in [1.54, 1.807) is 11.3 Å². The Bertz CT molecular complexity index is 823. The molecule has 0 aliphatic rings. The highest BCUT2D eigenvalue weighted by molar-refractivity contribution is 7.09. The van der Waals surface area contributed by atoms with Gasteiger partial charge in [0.1, 0.15) is 12.0 Å². The maximum Gasteiger partial charge on any atom is 0.160 e. The van der Waals surface area contributed by atoms with Crippen LogP contribution < -0.4 is 16.4 Å². The molecule has 3 rings (SSSR count). The Balaban J connectivity index is 1.69. The predicted octanol–water partition coefficient (Wildman–Crippen LogP) is 3.80. The molecule has 3 aromatic rings. The summed E-state index contributed by atoms with van der Waals surface area (Å²) >= 11 is 1.69. The van der Waals surface area contributed by atoms with Gasteiger partial charge in [0.25, 0.3) is 0 Å². The fourth-order valence-corrected chi connectivity index (χ4v) is 2.81. The van der Waals surface area contributed by atoms with Crippen molar-refractivity contribution in [3.63, 3.8) is 0 Å². The van der Waals surface area contributed by atoms with Crippen LogP contribution in [0.4, 0.5) is 31.8 Å². The molecule has 24 heavy (non-hydrogen) atoms. The molecule has 0 fully saturated rings. The van der Waals surface area contributed by atoms with Crippen molar-refractivity contribution >= 4 is 34.3 Å². The summed E-state index contributed by atoms with van der Waals surface area (Å²) in [6.07, 6.45) is 2.21. The van der Waals surface area contributed by atoms with Crippen LogP contribution in [-0.4, -0.2) is 16.5 Å². The number of anilines is 4. The normalized spacial score (nSPS) is 10.6. The number of nitrogens with one attached hydrogen (secondary N) is 2. The molecule has 2 aromatic heterocycles. The van der Waals surface area contributed by atoms with E-state index >= 15 is 0 Å². The smallest absolute Gasteiger partial charge is 0.160 e. The van der Waals surface area contributed by atoms with Crippen molar-refractivity contribution in [3.8, 4) is 0 Å². The first-order chi connectivity index (χ1) is 11.6. The van der Waals surface area contributed by atoms with E-state index in [0.717, 1.165) is 18.6 Å². The van der Waals surface area contributed by atoms with Crippen LogP contribution in [0.25, 0.3) is 0 Å². The van der Waals surface area contributed by atoms with Gasteiger partial charge in [0.2, 0.25) is 0 Å². The quantitative estimate of drug-likeness (QED) is 0.632. The highest BCUT2D eigenvalue weighted by atomic mass is 32.1. The first-order valence-electron chi connectivity index (χ1n) is 7.22. The monoisotopic (exact) mass is 347 g/mol. The van der Waals surface area contributed by atoms with Crippen molar-refractivity contribution in [2.24, 2.45) is 0 Å². The van der Waals surface area contributed by atoms with Gasteiger partial charge in [-0.25, -0.2) is 18.7 Å². The zero-order valence-corrected chi connectivity index (χ0v) is 13.4. The maximum absolute atomic E-state index is 13.3.